The molecule has 1 fully saturated rings. The third-order valence-electron chi connectivity index (χ3n) is 2.07. The van der Waals surface area contributed by atoms with Crippen LogP contribution in [-0.4, -0.2) is 30.7 Å². The summed E-state index contributed by atoms with van der Waals surface area (Å²) in [5, 5.41) is -0.195. The van der Waals surface area contributed by atoms with Crippen molar-refractivity contribution in [2.45, 2.75) is 37.4 Å². The molecule has 0 aromatic rings. The molecule has 12 heavy (non-hydrogen) atoms. The Bertz CT molecular complexity index is 172. The minimum Gasteiger partial charge on any atom is -0.461 e. The maximum Gasteiger partial charge on any atom is 0.302 e. The average molecular weight is 193 g/mol. The highest BCUT2D eigenvalue weighted by Gasteiger charge is 2.36. The topological polar surface area (TPSA) is 35.5 Å². The third-order valence-corrected chi connectivity index (χ3v) is 2.63. The van der Waals surface area contributed by atoms with Crippen LogP contribution >= 0.6 is 11.6 Å². The third kappa shape index (κ3) is 2.11. The first-order chi connectivity index (χ1) is 5.65. The molecule has 0 saturated heterocycles. The highest BCUT2D eigenvalue weighted by atomic mass is 35.5. The number of rotatable bonds is 2. The van der Waals surface area contributed by atoms with E-state index in [0.29, 0.717) is 0 Å². The Morgan fingerprint density at radius 1 is 1.42 bits per heavy atom. The van der Waals surface area contributed by atoms with Crippen LogP contribution in [0.3, 0.4) is 0 Å². The number of hydrogen-bond acceptors (Lipinski definition) is 3. The van der Waals surface area contributed by atoms with Crippen LogP contribution in [0, 0.1) is 0 Å². The lowest BCUT2D eigenvalue weighted by Gasteiger charge is -2.16. The summed E-state index contributed by atoms with van der Waals surface area (Å²) >= 11 is 5.99. The maximum absolute atomic E-state index is 10.6. The minimum atomic E-state index is -0.276. The SMILES string of the molecule is COC1CCC(OC(C)=O)C1Cl. The van der Waals surface area contributed by atoms with Crippen molar-refractivity contribution in [1.29, 1.82) is 0 Å². The van der Waals surface area contributed by atoms with Crippen molar-refractivity contribution in [2.75, 3.05) is 7.11 Å². The van der Waals surface area contributed by atoms with Crippen LogP contribution < -0.4 is 0 Å². The van der Waals surface area contributed by atoms with E-state index in [4.69, 9.17) is 21.1 Å². The van der Waals surface area contributed by atoms with E-state index >= 15 is 0 Å². The fraction of sp³-hybridized carbons (Fsp3) is 0.875. The molecule has 0 spiro atoms. The molecule has 1 aliphatic carbocycles. The maximum atomic E-state index is 10.6. The van der Waals surface area contributed by atoms with Gasteiger partial charge in [-0.3, -0.25) is 4.79 Å². The Balaban J connectivity index is 2.43. The van der Waals surface area contributed by atoms with Crippen molar-refractivity contribution in [2.24, 2.45) is 0 Å². The van der Waals surface area contributed by atoms with Gasteiger partial charge in [0, 0.05) is 14.0 Å². The Labute approximate surface area is 77.0 Å². The predicted molar refractivity (Wildman–Crippen MR) is 45.2 cm³/mol. The van der Waals surface area contributed by atoms with E-state index in [1.807, 2.05) is 0 Å². The van der Waals surface area contributed by atoms with Gasteiger partial charge in [-0.25, -0.2) is 0 Å². The normalized spacial score (nSPS) is 35.1. The van der Waals surface area contributed by atoms with Gasteiger partial charge in [-0.2, -0.15) is 0 Å². The number of ether oxygens (including phenoxy) is 2. The van der Waals surface area contributed by atoms with Gasteiger partial charge < -0.3 is 9.47 Å². The van der Waals surface area contributed by atoms with E-state index in [-0.39, 0.29) is 23.6 Å². The van der Waals surface area contributed by atoms with Crippen LogP contribution in [0.5, 0.6) is 0 Å². The number of halogens is 1. The van der Waals surface area contributed by atoms with Crippen molar-refractivity contribution in [3.05, 3.63) is 0 Å². The lowest BCUT2D eigenvalue weighted by atomic mass is 10.3. The molecule has 0 aliphatic heterocycles. The highest BCUT2D eigenvalue weighted by molar-refractivity contribution is 6.21. The van der Waals surface area contributed by atoms with E-state index in [1.54, 1.807) is 7.11 Å². The first-order valence-corrected chi connectivity index (χ1v) is 4.43. The fourth-order valence-corrected chi connectivity index (χ4v) is 1.88. The van der Waals surface area contributed by atoms with E-state index < -0.39 is 0 Å². The van der Waals surface area contributed by atoms with Crippen LogP contribution in [-0.2, 0) is 14.3 Å². The van der Waals surface area contributed by atoms with Gasteiger partial charge in [0.2, 0.25) is 0 Å². The van der Waals surface area contributed by atoms with Crippen molar-refractivity contribution in [3.8, 4) is 0 Å². The van der Waals surface area contributed by atoms with Crippen molar-refractivity contribution in [3.63, 3.8) is 0 Å². The molecule has 4 heteroatoms. The van der Waals surface area contributed by atoms with Gasteiger partial charge in [-0.05, 0) is 12.8 Å². The number of alkyl halides is 1. The summed E-state index contributed by atoms with van der Waals surface area (Å²) in [5.74, 6) is -0.276. The van der Waals surface area contributed by atoms with Gasteiger partial charge >= 0.3 is 5.97 Å². The van der Waals surface area contributed by atoms with Gasteiger partial charge in [0.1, 0.15) is 6.10 Å². The number of esters is 1. The van der Waals surface area contributed by atoms with E-state index in [2.05, 4.69) is 0 Å². The summed E-state index contributed by atoms with van der Waals surface area (Å²) in [6.07, 6.45) is 1.51. The molecular weight excluding hydrogens is 180 g/mol. The Hall–Kier alpha value is -0.280. The van der Waals surface area contributed by atoms with E-state index in [0.717, 1.165) is 12.8 Å². The zero-order valence-electron chi connectivity index (χ0n) is 7.25. The van der Waals surface area contributed by atoms with Crippen LogP contribution in [0.1, 0.15) is 19.8 Å². The Kier molecular flexibility index (Phi) is 3.35. The second-order valence-electron chi connectivity index (χ2n) is 2.94. The molecule has 0 amide bonds. The molecule has 0 radical (unpaired) electrons. The molecule has 70 valence electrons. The lowest BCUT2D eigenvalue weighted by Crippen LogP contribution is -2.28. The molecule has 0 heterocycles. The molecule has 0 N–H and O–H groups in total. The van der Waals surface area contributed by atoms with Crippen LogP contribution in [0.4, 0.5) is 0 Å². The summed E-state index contributed by atoms with van der Waals surface area (Å²) in [6.45, 7) is 1.39. The lowest BCUT2D eigenvalue weighted by molar-refractivity contribution is -0.146. The van der Waals surface area contributed by atoms with E-state index in [9.17, 15) is 4.79 Å². The van der Waals surface area contributed by atoms with Crippen LogP contribution in [0.25, 0.3) is 0 Å². The molecule has 3 atom stereocenters. The van der Waals surface area contributed by atoms with Crippen molar-refractivity contribution >= 4 is 17.6 Å². The molecule has 0 aromatic carbocycles. The van der Waals surface area contributed by atoms with Gasteiger partial charge in [-0.1, -0.05) is 0 Å². The molecule has 3 nitrogen and oxygen atoms in total. The number of methoxy groups -OCH3 is 1. The summed E-state index contributed by atoms with van der Waals surface area (Å²) < 4.78 is 10.1. The summed E-state index contributed by atoms with van der Waals surface area (Å²) in [6, 6.07) is 0. The Morgan fingerprint density at radius 3 is 2.42 bits per heavy atom. The molecule has 3 unspecified atom stereocenters. The Morgan fingerprint density at radius 2 is 2.00 bits per heavy atom. The van der Waals surface area contributed by atoms with E-state index in [1.165, 1.54) is 6.92 Å². The standard InChI is InChI=1S/C8H13ClO3/c1-5(10)12-7-4-3-6(11-2)8(7)9/h6-8H,3-4H2,1-2H3. The first-order valence-electron chi connectivity index (χ1n) is 3.99. The quantitative estimate of drug-likeness (QED) is 0.489. The molecule has 1 rings (SSSR count). The molecule has 1 saturated carbocycles. The van der Waals surface area contributed by atoms with Gasteiger partial charge in [0.15, 0.2) is 0 Å². The smallest absolute Gasteiger partial charge is 0.302 e. The molecule has 1 aliphatic rings. The van der Waals surface area contributed by atoms with Gasteiger partial charge in [-0.15, -0.1) is 11.6 Å². The number of carbonyl (C=O) groups excluding carboxylic acids is 1. The number of hydrogen-bond donors (Lipinski definition) is 0. The molecular formula is C8H13ClO3. The summed E-state index contributed by atoms with van der Waals surface area (Å²) in [4.78, 5) is 10.6. The summed E-state index contributed by atoms with van der Waals surface area (Å²) in [7, 11) is 1.62. The average Bonchev–Trinajstić information content (AvgIpc) is 2.32. The van der Waals surface area contributed by atoms with Crippen LogP contribution in [0.15, 0.2) is 0 Å². The minimum absolute atomic E-state index is 0.0241. The van der Waals surface area contributed by atoms with Crippen molar-refractivity contribution in [1.82, 2.24) is 0 Å². The monoisotopic (exact) mass is 192 g/mol. The highest BCUT2D eigenvalue weighted by Crippen LogP contribution is 2.29. The molecule has 0 aromatic heterocycles. The van der Waals surface area contributed by atoms with Gasteiger partial charge in [0.25, 0.3) is 0 Å². The second-order valence-corrected chi connectivity index (χ2v) is 3.45. The zero-order valence-corrected chi connectivity index (χ0v) is 8.00. The predicted octanol–water partition coefficient (Wildman–Crippen LogP) is 1.33. The fourth-order valence-electron chi connectivity index (χ4n) is 1.47. The van der Waals surface area contributed by atoms with Crippen molar-refractivity contribution < 1.29 is 14.3 Å². The van der Waals surface area contributed by atoms with Crippen LogP contribution in [0.2, 0.25) is 0 Å². The number of carbonyl (C=O) groups is 1. The second kappa shape index (κ2) is 4.10. The largest absolute Gasteiger partial charge is 0.461 e. The summed E-state index contributed by atoms with van der Waals surface area (Å²) in [5.41, 5.74) is 0. The first kappa shape index (κ1) is 9.81. The van der Waals surface area contributed by atoms with Gasteiger partial charge in [0.05, 0.1) is 11.5 Å². The zero-order chi connectivity index (χ0) is 9.14. The molecule has 0 bridgehead atoms.